The molecule has 0 unspecified atom stereocenters. The van der Waals surface area contributed by atoms with Gasteiger partial charge in [-0.3, -0.25) is 0 Å². The van der Waals surface area contributed by atoms with Gasteiger partial charge in [0.25, 0.3) is 0 Å². The van der Waals surface area contributed by atoms with Crippen molar-refractivity contribution >= 4 is 17.4 Å². The second-order valence-corrected chi connectivity index (χ2v) is 4.97. The Morgan fingerprint density at radius 3 is 2.76 bits per heavy atom. The zero-order valence-electron chi connectivity index (χ0n) is 8.94. The van der Waals surface area contributed by atoms with E-state index in [1.54, 1.807) is 23.9 Å². The molecule has 2 aliphatic heterocycles. The number of halogens is 2. The highest BCUT2D eigenvalue weighted by molar-refractivity contribution is 8.03. The van der Waals surface area contributed by atoms with Crippen LogP contribution in [0, 0.1) is 0 Å². The van der Waals surface area contributed by atoms with Crippen LogP contribution in [0.1, 0.15) is 6.92 Å². The molecule has 0 aromatic heterocycles. The molecule has 2 heterocycles. The van der Waals surface area contributed by atoms with Gasteiger partial charge < -0.3 is 14.4 Å². The van der Waals surface area contributed by atoms with Gasteiger partial charge in [-0.05, 0) is 24.0 Å². The average Bonchev–Trinajstić information content (AvgIpc) is 2.78. The Hall–Kier alpha value is -1.43. The predicted molar refractivity (Wildman–Crippen MR) is 61.3 cm³/mol. The molecule has 0 spiro atoms. The second kappa shape index (κ2) is 3.53. The SMILES string of the molecule is CC1=CN(c2ccc3c(c2)OC(F)(F)O3)CS1. The Bertz CT molecular complexity index is 504. The molecule has 3 rings (SSSR count). The van der Waals surface area contributed by atoms with Gasteiger partial charge >= 0.3 is 6.29 Å². The van der Waals surface area contributed by atoms with E-state index in [0.717, 1.165) is 11.6 Å². The van der Waals surface area contributed by atoms with Crippen LogP contribution >= 0.6 is 11.8 Å². The minimum Gasteiger partial charge on any atom is -0.395 e. The first kappa shape index (κ1) is 10.7. The maximum Gasteiger partial charge on any atom is 0.586 e. The number of benzene rings is 1. The van der Waals surface area contributed by atoms with Crippen molar-refractivity contribution in [2.45, 2.75) is 13.2 Å². The highest BCUT2D eigenvalue weighted by Gasteiger charge is 2.43. The molecular weight excluding hydrogens is 248 g/mol. The molecule has 0 N–H and O–H groups in total. The second-order valence-electron chi connectivity index (χ2n) is 3.78. The van der Waals surface area contributed by atoms with Gasteiger partial charge in [0, 0.05) is 18.0 Å². The number of nitrogens with zero attached hydrogens (tertiary/aromatic N) is 1. The summed E-state index contributed by atoms with van der Waals surface area (Å²) in [5, 5.41) is 0. The van der Waals surface area contributed by atoms with E-state index in [1.807, 2.05) is 18.0 Å². The van der Waals surface area contributed by atoms with Crippen molar-refractivity contribution < 1.29 is 18.3 Å². The molecule has 0 fully saturated rings. The smallest absolute Gasteiger partial charge is 0.395 e. The number of allylic oxidation sites excluding steroid dienone is 1. The van der Waals surface area contributed by atoms with Crippen molar-refractivity contribution in [2.75, 3.05) is 10.8 Å². The molecule has 1 aromatic rings. The quantitative estimate of drug-likeness (QED) is 0.768. The zero-order valence-corrected chi connectivity index (χ0v) is 9.76. The van der Waals surface area contributed by atoms with E-state index in [2.05, 4.69) is 9.47 Å². The van der Waals surface area contributed by atoms with E-state index < -0.39 is 6.29 Å². The van der Waals surface area contributed by atoms with Crippen LogP contribution in [-0.2, 0) is 0 Å². The summed E-state index contributed by atoms with van der Waals surface area (Å²) in [6.07, 6.45) is -1.58. The molecule has 0 amide bonds. The van der Waals surface area contributed by atoms with Crippen molar-refractivity contribution in [1.82, 2.24) is 0 Å². The number of rotatable bonds is 1. The maximum absolute atomic E-state index is 12.8. The van der Waals surface area contributed by atoms with Crippen LogP contribution in [0.2, 0.25) is 0 Å². The minimum absolute atomic E-state index is 0.0753. The Morgan fingerprint density at radius 2 is 2.06 bits per heavy atom. The minimum atomic E-state index is -3.55. The Labute approximate surface area is 101 Å². The normalized spacial score (nSPS) is 20.6. The van der Waals surface area contributed by atoms with Crippen LogP contribution in [0.4, 0.5) is 14.5 Å². The van der Waals surface area contributed by atoms with E-state index in [9.17, 15) is 8.78 Å². The van der Waals surface area contributed by atoms with Crippen molar-refractivity contribution in [2.24, 2.45) is 0 Å². The molecule has 6 heteroatoms. The molecular formula is C11H9F2NO2S. The van der Waals surface area contributed by atoms with Crippen molar-refractivity contribution in [3.8, 4) is 11.5 Å². The van der Waals surface area contributed by atoms with Crippen LogP contribution in [0.15, 0.2) is 29.3 Å². The molecule has 2 aliphatic rings. The third-order valence-corrected chi connectivity index (χ3v) is 3.45. The summed E-state index contributed by atoms with van der Waals surface area (Å²) in [6.45, 7) is 2.01. The lowest BCUT2D eigenvalue weighted by Crippen LogP contribution is -2.25. The number of alkyl halides is 2. The van der Waals surface area contributed by atoms with E-state index >= 15 is 0 Å². The number of anilines is 1. The maximum atomic E-state index is 12.8. The summed E-state index contributed by atoms with van der Waals surface area (Å²) < 4.78 is 34.4. The van der Waals surface area contributed by atoms with Gasteiger partial charge in [-0.15, -0.1) is 20.5 Å². The summed E-state index contributed by atoms with van der Waals surface area (Å²) in [6, 6.07) is 4.79. The summed E-state index contributed by atoms with van der Waals surface area (Å²) in [4.78, 5) is 3.16. The first-order valence-electron chi connectivity index (χ1n) is 5.01. The molecule has 0 saturated carbocycles. The van der Waals surface area contributed by atoms with Crippen LogP contribution in [-0.4, -0.2) is 12.2 Å². The van der Waals surface area contributed by atoms with E-state index in [-0.39, 0.29) is 11.5 Å². The van der Waals surface area contributed by atoms with E-state index in [1.165, 1.54) is 11.0 Å². The average molecular weight is 257 g/mol. The lowest BCUT2D eigenvalue weighted by Gasteiger charge is -2.14. The number of ether oxygens (including phenoxy) is 2. The third-order valence-electron chi connectivity index (χ3n) is 2.49. The van der Waals surface area contributed by atoms with Crippen LogP contribution in [0.3, 0.4) is 0 Å². The molecule has 0 radical (unpaired) electrons. The molecule has 1 aromatic carbocycles. The largest absolute Gasteiger partial charge is 0.586 e. The fourth-order valence-electron chi connectivity index (χ4n) is 1.73. The topological polar surface area (TPSA) is 21.7 Å². The van der Waals surface area contributed by atoms with Crippen molar-refractivity contribution in [1.29, 1.82) is 0 Å². The van der Waals surface area contributed by atoms with Gasteiger partial charge in [-0.1, -0.05) is 0 Å². The Balaban J connectivity index is 1.91. The molecule has 0 atom stereocenters. The van der Waals surface area contributed by atoms with Gasteiger partial charge in [0.15, 0.2) is 11.5 Å². The number of thioether (sulfide) groups is 1. The van der Waals surface area contributed by atoms with E-state index in [0.29, 0.717) is 0 Å². The van der Waals surface area contributed by atoms with Crippen molar-refractivity contribution in [3.05, 3.63) is 29.3 Å². The van der Waals surface area contributed by atoms with Gasteiger partial charge in [0.1, 0.15) is 0 Å². The van der Waals surface area contributed by atoms with Crippen molar-refractivity contribution in [3.63, 3.8) is 0 Å². The standard InChI is InChI=1S/C11H9F2NO2S/c1-7-5-14(6-17-7)8-2-3-9-10(4-8)16-11(12,13)15-9/h2-5H,6H2,1H3. The van der Waals surface area contributed by atoms with E-state index in [4.69, 9.17) is 0 Å². The first-order chi connectivity index (χ1) is 8.03. The molecule has 90 valence electrons. The molecule has 3 nitrogen and oxygen atoms in total. The summed E-state index contributed by atoms with van der Waals surface area (Å²) in [5.74, 6) is 0.934. The van der Waals surface area contributed by atoms with Gasteiger partial charge in [-0.25, -0.2) is 0 Å². The van der Waals surface area contributed by atoms with Gasteiger partial charge in [0.05, 0.1) is 5.88 Å². The lowest BCUT2D eigenvalue weighted by atomic mass is 10.2. The first-order valence-corrected chi connectivity index (χ1v) is 6.00. The number of hydrogen-bond acceptors (Lipinski definition) is 4. The summed E-state index contributed by atoms with van der Waals surface area (Å²) in [5.41, 5.74) is 0.814. The Kier molecular flexibility index (Phi) is 2.22. The fraction of sp³-hybridized carbons (Fsp3) is 0.273. The predicted octanol–water partition coefficient (Wildman–Crippen LogP) is 3.38. The third kappa shape index (κ3) is 1.93. The lowest BCUT2D eigenvalue weighted by molar-refractivity contribution is -0.286. The van der Waals surface area contributed by atoms with Gasteiger partial charge in [0.2, 0.25) is 0 Å². The Morgan fingerprint density at radius 1 is 1.29 bits per heavy atom. The summed E-state index contributed by atoms with van der Waals surface area (Å²) in [7, 11) is 0. The molecule has 0 bridgehead atoms. The number of fused-ring (bicyclic) bond motifs is 1. The van der Waals surface area contributed by atoms with Crippen LogP contribution in [0.5, 0.6) is 11.5 Å². The zero-order chi connectivity index (χ0) is 12.0. The molecule has 17 heavy (non-hydrogen) atoms. The number of hydrogen-bond donors (Lipinski definition) is 0. The van der Waals surface area contributed by atoms with Gasteiger partial charge in [-0.2, -0.15) is 0 Å². The molecule has 0 saturated heterocycles. The molecule has 0 aliphatic carbocycles. The monoisotopic (exact) mass is 257 g/mol. The summed E-state index contributed by atoms with van der Waals surface area (Å²) >= 11 is 1.70. The highest BCUT2D eigenvalue weighted by atomic mass is 32.2. The van der Waals surface area contributed by atoms with Crippen LogP contribution in [0.25, 0.3) is 0 Å². The fourth-order valence-corrected chi connectivity index (χ4v) is 2.50. The highest BCUT2D eigenvalue weighted by Crippen LogP contribution is 2.43. The van der Waals surface area contributed by atoms with Crippen LogP contribution < -0.4 is 14.4 Å².